The van der Waals surface area contributed by atoms with Crippen molar-refractivity contribution in [3.63, 3.8) is 0 Å². The van der Waals surface area contributed by atoms with Gasteiger partial charge in [-0.05, 0) is 38.2 Å². The summed E-state index contributed by atoms with van der Waals surface area (Å²) in [6.07, 6.45) is 10.4. The number of benzene rings is 1. The van der Waals surface area contributed by atoms with E-state index in [0.29, 0.717) is 43.0 Å². The molecule has 2 aliphatic rings. The number of methoxy groups -OCH3 is 2. The van der Waals surface area contributed by atoms with Gasteiger partial charge in [0.05, 0.1) is 19.7 Å². The number of hydrogen-bond acceptors (Lipinski definition) is 8. The maximum atomic E-state index is 11.8. The number of aromatic nitrogens is 2. The van der Waals surface area contributed by atoms with E-state index in [9.17, 15) is 4.79 Å². The lowest BCUT2D eigenvalue weighted by Crippen LogP contribution is -2.45. The van der Waals surface area contributed by atoms with Crippen LogP contribution in [0.3, 0.4) is 0 Å². The Morgan fingerprint density at radius 1 is 1.05 bits per heavy atom. The lowest BCUT2D eigenvalue weighted by atomic mass is 9.92. The van der Waals surface area contributed by atoms with E-state index in [2.05, 4.69) is 15.5 Å². The Kier molecular flexibility index (Phi) is 9.66. The minimum Gasteiger partial charge on any atom is -0.493 e. The van der Waals surface area contributed by atoms with Gasteiger partial charge in [0, 0.05) is 63.2 Å². The zero-order valence-electron chi connectivity index (χ0n) is 23.0. The van der Waals surface area contributed by atoms with Gasteiger partial charge in [0.2, 0.25) is 11.9 Å². The van der Waals surface area contributed by atoms with E-state index < -0.39 is 0 Å². The SMILES string of the molecule is CCC(=O)N(C)CCCNc1nc(NC2CCN(C3CCCCC3)CC2)c2cc(OC)c(OC)cc2n1. The highest BCUT2D eigenvalue weighted by Crippen LogP contribution is 2.35. The molecule has 2 aromatic rings. The first kappa shape index (κ1) is 27.2. The number of nitrogens with one attached hydrogen (secondary N) is 2. The Labute approximate surface area is 221 Å². The number of rotatable bonds is 11. The first-order valence-electron chi connectivity index (χ1n) is 13.9. The van der Waals surface area contributed by atoms with Gasteiger partial charge >= 0.3 is 0 Å². The number of fused-ring (bicyclic) bond motifs is 1. The van der Waals surface area contributed by atoms with Gasteiger partial charge in [0.25, 0.3) is 0 Å². The van der Waals surface area contributed by atoms with Crippen molar-refractivity contribution < 1.29 is 14.3 Å². The molecule has 1 aliphatic carbocycles. The topological polar surface area (TPSA) is 91.9 Å². The maximum Gasteiger partial charge on any atom is 0.225 e. The van der Waals surface area contributed by atoms with Crippen LogP contribution < -0.4 is 20.1 Å². The molecule has 1 saturated heterocycles. The summed E-state index contributed by atoms with van der Waals surface area (Å²) in [6, 6.07) is 5.01. The van der Waals surface area contributed by atoms with Gasteiger partial charge < -0.3 is 29.9 Å². The van der Waals surface area contributed by atoms with Crippen LogP contribution in [-0.4, -0.2) is 85.2 Å². The van der Waals surface area contributed by atoms with E-state index >= 15 is 0 Å². The highest BCUT2D eigenvalue weighted by atomic mass is 16.5. The number of amides is 1. The molecule has 1 amide bonds. The molecule has 9 nitrogen and oxygen atoms in total. The Morgan fingerprint density at radius 3 is 2.43 bits per heavy atom. The van der Waals surface area contributed by atoms with Crippen LogP contribution in [0.4, 0.5) is 11.8 Å². The van der Waals surface area contributed by atoms with Crippen LogP contribution in [0.25, 0.3) is 10.9 Å². The molecular formula is C28H44N6O3. The number of ether oxygens (including phenoxy) is 2. The molecule has 0 atom stereocenters. The monoisotopic (exact) mass is 512 g/mol. The van der Waals surface area contributed by atoms with Gasteiger partial charge in [0.15, 0.2) is 11.5 Å². The largest absolute Gasteiger partial charge is 0.493 e. The van der Waals surface area contributed by atoms with Crippen LogP contribution in [0.2, 0.25) is 0 Å². The molecule has 2 heterocycles. The van der Waals surface area contributed by atoms with E-state index in [1.807, 2.05) is 26.1 Å². The van der Waals surface area contributed by atoms with Crippen LogP contribution in [0.1, 0.15) is 64.7 Å². The number of nitrogens with zero attached hydrogens (tertiary/aromatic N) is 4. The number of piperidine rings is 1. The highest BCUT2D eigenvalue weighted by Gasteiger charge is 2.27. The van der Waals surface area contributed by atoms with E-state index in [-0.39, 0.29) is 5.91 Å². The van der Waals surface area contributed by atoms with Crippen LogP contribution in [0, 0.1) is 0 Å². The predicted molar refractivity (Wildman–Crippen MR) is 149 cm³/mol. The quantitative estimate of drug-likeness (QED) is 0.425. The fraction of sp³-hybridized carbons (Fsp3) is 0.679. The predicted octanol–water partition coefficient (Wildman–Crippen LogP) is 4.53. The Hall–Kier alpha value is -2.81. The molecule has 2 fully saturated rings. The van der Waals surface area contributed by atoms with E-state index in [1.54, 1.807) is 19.1 Å². The number of likely N-dealkylation sites (tertiary alicyclic amines) is 1. The van der Waals surface area contributed by atoms with Crippen molar-refractivity contribution in [3.8, 4) is 11.5 Å². The fourth-order valence-corrected chi connectivity index (χ4v) is 5.60. The molecule has 37 heavy (non-hydrogen) atoms. The zero-order valence-corrected chi connectivity index (χ0v) is 23.0. The van der Waals surface area contributed by atoms with Gasteiger partial charge in [-0.1, -0.05) is 26.2 Å². The van der Waals surface area contributed by atoms with Crippen molar-refractivity contribution >= 4 is 28.6 Å². The standard InChI is InChI=1S/C28H44N6O3/c1-5-26(35)33(2)15-9-14-29-28-31-23-19-25(37-4)24(36-3)18-22(23)27(32-28)30-20-12-16-34(17-13-20)21-10-7-6-8-11-21/h18-21H,5-17H2,1-4H3,(H2,29,30,31,32). The van der Waals surface area contributed by atoms with Crippen molar-refractivity contribution in [2.24, 2.45) is 0 Å². The minimum absolute atomic E-state index is 0.156. The van der Waals surface area contributed by atoms with Crippen molar-refractivity contribution in [1.82, 2.24) is 19.8 Å². The third kappa shape index (κ3) is 6.94. The summed E-state index contributed by atoms with van der Waals surface area (Å²) >= 11 is 0. The fourth-order valence-electron chi connectivity index (χ4n) is 5.60. The Morgan fingerprint density at radius 2 is 1.76 bits per heavy atom. The number of anilines is 2. The second-order valence-corrected chi connectivity index (χ2v) is 10.3. The summed E-state index contributed by atoms with van der Waals surface area (Å²) in [6.45, 7) is 5.54. The Balaban J connectivity index is 1.47. The maximum absolute atomic E-state index is 11.8. The van der Waals surface area contributed by atoms with Crippen LogP contribution in [-0.2, 0) is 4.79 Å². The normalized spacial score (nSPS) is 17.5. The molecule has 0 spiro atoms. The second-order valence-electron chi connectivity index (χ2n) is 10.3. The second kappa shape index (κ2) is 13.1. The number of hydrogen-bond donors (Lipinski definition) is 2. The third-order valence-electron chi connectivity index (χ3n) is 7.84. The van der Waals surface area contributed by atoms with E-state index in [1.165, 1.54) is 32.1 Å². The zero-order chi connectivity index (χ0) is 26.2. The van der Waals surface area contributed by atoms with Gasteiger partial charge in [-0.25, -0.2) is 4.98 Å². The summed E-state index contributed by atoms with van der Waals surface area (Å²) in [7, 11) is 5.13. The molecule has 4 rings (SSSR count). The molecule has 204 valence electrons. The first-order valence-corrected chi connectivity index (χ1v) is 13.9. The molecule has 2 N–H and O–H groups in total. The average molecular weight is 513 g/mol. The molecule has 9 heteroatoms. The first-order chi connectivity index (χ1) is 18.0. The molecule has 1 aromatic heterocycles. The van der Waals surface area contributed by atoms with Crippen LogP contribution in [0.15, 0.2) is 12.1 Å². The van der Waals surface area contributed by atoms with Gasteiger partial charge in [-0.3, -0.25) is 4.79 Å². The summed E-state index contributed by atoms with van der Waals surface area (Å²) in [4.78, 5) is 25.9. The van der Waals surface area contributed by atoms with Gasteiger partial charge in [0.1, 0.15) is 5.82 Å². The molecule has 0 bridgehead atoms. The molecule has 0 radical (unpaired) electrons. The van der Waals surface area contributed by atoms with Crippen molar-refractivity contribution in [2.75, 3.05) is 58.1 Å². The Bertz CT molecular complexity index is 1030. The molecule has 1 saturated carbocycles. The lowest BCUT2D eigenvalue weighted by molar-refractivity contribution is -0.129. The van der Waals surface area contributed by atoms with Crippen LogP contribution >= 0.6 is 0 Å². The summed E-state index contributed by atoms with van der Waals surface area (Å²) in [5.41, 5.74) is 0.801. The summed E-state index contributed by atoms with van der Waals surface area (Å²) < 4.78 is 11.1. The van der Waals surface area contributed by atoms with E-state index in [0.717, 1.165) is 55.1 Å². The van der Waals surface area contributed by atoms with Crippen molar-refractivity contribution in [1.29, 1.82) is 0 Å². The molecular weight excluding hydrogens is 468 g/mol. The molecule has 1 aliphatic heterocycles. The molecule has 1 aromatic carbocycles. The smallest absolute Gasteiger partial charge is 0.225 e. The van der Waals surface area contributed by atoms with Gasteiger partial charge in [-0.15, -0.1) is 0 Å². The van der Waals surface area contributed by atoms with E-state index in [4.69, 9.17) is 19.4 Å². The van der Waals surface area contributed by atoms with Crippen LogP contribution in [0.5, 0.6) is 11.5 Å². The third-order valence-corrected chi connectivity index (χ3v) is 7.84. The number of carbonyl (C=O) groups excluding carboxylic acids is 1. The summed E-state index contributed by atoms with van der Waals surface area (Å²) in [5.74, 6) is 2.86. The lowest BCUT2D eigenvalue weighted by Gasteiger charge is -2.39. The van der Waals surface area contributed by atoms with Crippen molar-refractivity contribution in [3.05, 3.63) is 12.1 Å². The summed E-state index contributed by atoms with van der Waals surface area (Å²) in [5, 5.41) is 8.03. The van der Waals surface area contributed by atoms with Gasteiger partial charge in [-0.2, -0.15) is 4.98 Å². The minimum atomic E-state index is 0.156. The number of carbonyl (C=O) groups is 1. The molecule has 0 unspecified atom stereocenters. The average Bonchev–Trinajstić information content (AvgIpc) is 2.94. The highest BCUT2D eigenvalue weighted by molar-refractivity contribution is 5.92. The van der Waals surface area contributed by atoms with Crippen molar-refractivity contribution in [2.45, 2.75) is 76.8 Å².